The van der Waals surface area contributed by atoms with Crippen molar-refractivity contribution in [2.45, 2.75) is 26.4 Å². The molecule has 0 saturated heterocycles. The molecule has 0 N–H and O–H groups in total. The maximum atomic E-state index is 11.9. The molecule has 2 rings (SSSR count). The Hall–Kier alpha value is -2.69. The molecule has 0 aliphatic rings. The molecular weight excluding hydrogens is 320 g/mol. The summed E-state index contributed by atoms with van der Waals surface area (Å²) in [6.45, 7) is 2.65. The van der Waals surface area contributed by atoms with Gasteiger partial charge in [0.15, 0.2) is 0 Å². The van der Waals surface area contributed by atoms with Gasteiger partial charge in [0.25, 0.3) is 0 Å². The normalized spacial score (nSPS) is 10.2. The van der Waals surface area contributed by atoms with Crippen molar-refractivity contribution in [1.82, 2.24) is 0 Å². The van der Waals surface area contributed by atoms with Crippen LogP contribution in [-0.4, -0.2) is 26.8 Å². The number of carbonyl (C=O) groups excluding carboxylic acids is 1. The summed E-state index contributed by atoms with van der Waals surface area (Å²) in [6.07, 6.45) is 0.903. The summed E-state index contributed by atoms with van der Waals surface area (Å²) in [7, 11) is 3.22. The minimum absolute atomic E-state index is 0.211. The second kappa shape index (κ2) is 9.57. The molecule has 0 saturated carbocycles. The molecule has 0 aliphatic carbocycles. The highest BCUT2D eigenvalue weighted by Gasteiger charge is 2.08. The molecule has 0 unspecified atom stereocenters. The van der Waals surface area contributed by atoms with E-state index in [1.165, 1.54) is 0 Å². The maximum Gasteiger partial charge on any atom is 0.306 e. The lowest BCUT2D eigenvalue weighted by molar-refractivity contribution is -0.145. The minimum atomic E-state index is -0.248. The lowest BCUT2D eigenvalue weighted by atomic mass is 10.1. The van der Waals surface area contributed by atoms with Crippen LogP contribution in [0.4, 0.5) is 0 Å². The standard InChI is InChI=1S/C20H24O5/c1-15-6-11-19(23-3)16(13-15)14-25-20(21)5-4-12-24-18-9-7-17(22-2)8-10-18/h6-11,13H,4-5,12,14H2,1-3H3. The average Bonchev–Trinajstić information content (AvgIpc) is 2.64. The lowest BCUT2D eigenvalue weighted by Crippen LogP contribution is -2.08. The predicted molar refractivity (Wildman–Crippen MR) is 95.3 cm³/mol. The molecular formula is C20H24O5. The Kier molecular flexibility index (Phi) is 7.14. The first-order valence-corrected chi connectivity index (χ1v) is 8.18. The van der Waals surface area contributed by atoms with Crippen molar-refractivity contribution in [3.05, 3.63) is 53.6 Å². The molecule has 0 radical (unpaired) electrons. The van der Waals surface area contributed by atoms with Gasteiger partial charge in [-0.1, -0.05) is 11.6 Å². The zero-order valence-corrected chi connectivity index (χ0v) is 14.9. The Bertz CT molecular complexity index is 679. The van der Waals surface area contributed by atoms with Gasteiger partial charge < -0.3 is 18.9 Å². The molecule has 25 heavy (non-hydrogen) atoms. The van der Waals surface area contributed by atoms with E-state index in [2.05, 4.69) is 0 Å². The van der Waals surface area contributed by atoms with Gasteiger partial charge in [-0.15, -0.1) is 0 Å². The van der Waals surface area contributed by atoms with Crippen LogP contribution in [0.5, 0.6) is 17.2 Å². The zero-order chi connectivity index (χ0) is 18.1. The number of carbonyl (C=O) groups is 1. The fourth-order valence-corrected chi connectivity index (χ4v) is 2.33. The quantitative estimate of drug-likeness (QED) is 0.510. The van der Waals surface area contributed by atoms with E-state index in [0.717, 1.165) is 28.4 Å². The molecule has 0 amide bonds. The van der Waals surface area contributed by atoms with Gasteiger partial charge in [0.2, 0.25) is 0 Å². The molecule has 5 heteroatoms. The number of hydrogen-bond donors (Lipinski definition) is 0. The molecule has 0 aromatic heterocycles. The second-order valence-corrected chi connectivity index (χ2v) is 5.60. The van der Waals surface area contributed by atoms with E-state index < -0.39 is 0 Å². The van der Waals surface area contributed by atoms with E-state index >= 15 is 0 Å². The first-order chi connectivity index (χ1) is 12.1. The molecule has 0 aliphatic heterocycles. The Labute approximate surface area is 148 Å². The van der Waals surface area contributed by atoms with Gasteiger partial charge in [0, 0.05) is 12.0 Å². The van der Waals surface area contributed by atoms with Crippen molar-refractivity contribution in [3.63, 3.8) is 0 Å². The molecule has 0 fully saturated rings. The van der Waals surface area contributed by atoms with E-state index in [4.69, 9.17) is 18.9 Å². The van der Waals surface area contributed by atoms with Crippen LogP contribution in [0.15, 0.2) is 42.5 Å². The van der Waals surface area contributed by atoms with Crippen LogP contribution in [0.25, 0.3) is 0 Å². The summed E-state index contributed by atoms with van der Waals surface area (Å²) in [6, 6.07) is 13.1. The number of methoxy groups -OCH3 is 2. The number of esters is 1. The predicted octanol–water partition coefficient (Wildman–Crippen LogP) is 3.91. The van der Waals surface area contributed by atoms with E-state index in [1.54, 1.807) is 14.2 Å². The van der Waals surface area contributed by atoms with Gasteiger partial charge in [-0.25, -0.2) is 0 Å². The first kappa shape index (κ1) is 18.6. The van der Waals surface area contributed by atoms with E-state index in [0.29, 0.717) is 19.4 Å². The number of hydrogen-bond acceptors (Lipinski definition) is 5. The summed E-state index contributed by atoms with van der Waals surface area (Å²) in [5.74, 6) is 2.00. The van der Waals surface area contributed by atoms with Gasteiger partial charge >= 0.3 is 5.97 Å². The van der Waals surface area contributed by atoms with Gasteiger partial charge in [-0.2, -0.15) is 0 Å². The average molecular weight is 344 g/mol. The van der Waals surface area contributed by atoms with Crippen molar-refractivity contribution in [2.75, 3.05) is 20.8 Å². The third kappa shape index (κ3) is 6.03. The van der Waals surface area contributed by atoms with Crippen molar-refractivity contribution in [2.24, 2.45) is 0 Å². The van der Waals surface area contributed by atoms with E-state index in [-0.39, 0.29) is 12.6 Å². The topological polar surface area (TPSA) is 54.0 Å². The molecule has 2 aromatic rings. The number of rotatable bonds is 9. The molecule has 0 atom stereocenters. The molecule has 134 valence electrons. The number of benzene rings is 2. The SMILES string of the molecule is COc1ccc(OCCCC(=O)OCc2cc(C)ccc2OC)cc1. The largest absolute Gasteiger partial charge is 0.497 e. The minimum Gasteiger partial charge on any atom is -0.497 e. The van der Waals surface area contributed by atoms with Crippen LogP contribution < -0.4 is 14.2 Å². The van der Waals surface area contributed by atoms with E-state index in [9.17, 15) is 4.79 Å². The van der Waals surface area contributed by atoms with Crippen LogP contribution in [0, 0.1) is 6.92 Å². The highest BCUT2D eigenvalue weighted by Crippen LogP contribution is 2.21. The maximum absolute atomic E-state index is 11.9. The fraction of sp³-hybridized carbons (Fsp3) is 0.350. The Morgan fingerprint density at radius 2 is 1.68 bits per heavy atom. The van der Waals surface area contributed by atoms with Crippen molar-refractivity contribution in [3.8, 4) is 17.2 Å². The van der Waals surface area contributed by atoms with Crippen LogP contribution in [0.2, 0.25) is 0 Å². The third-order valence-electron chi connectivity index (χ3n) is 3.68. The first-order valence-electron chi connectivity index (χ1n) is 8.18. The molecule has 2 aromatic carbocycles. The van der Waals surface area contributed by atoms with Gasteiger partial charge in [-0.3, -0.25) is 4.79 Å². The van der Waals surface area contributed by atoms with Crippen LogP contribution in [0.1, 0.15) is 24.0 Å². The van der Waals surface area contributed by atoms with Crippen LogP contribution >= 0.6 is 0 Å². The number of aryl methyl sites for hydroxylation is 1. The smallest absolute Gasteiger partial charge is 0.306 e. The Morgan fingerprint density at radius 1 is 0.960 bits per heavy atom. The van der Waals surface area contributed by atoms with Crippen molar-refractivity contribution in [1.29, 1.82) is 0 Å². The summed E-state index contributed by atoms with van der Waals surface area (Å²) < 4.78 is 21.3. The van der Waals surface area contributed by atoms with E-state index in [1.807, 2.05) is 49.4 Å². The lowest BCUT2D eigenvalue weighted by Gasteiger charge is -2.10. The Balaban J connectivity index is 1.69. The molecule has 0 heterocycles. The van der Waals surface area contributed by atoms with Crippen LogP contribution in [0.3, 0.4) is 0 Å². The van der Waals surface area contributed by atoms with Gasteiger partial charge in [-0.05, 0) is 49.7 Å². The molecule has 0 spiro atoms. The summed E-state index contributed by atoms with van der Waals surface area (Å²) >= 11 is 0. The van der Waals surface area contributed by atoms with Crippen molar-refractivity contribution < 1.29 is 23.7 Å². The third-order valence-corrected chi connectivity index (χ3v) is 3.68. The van der Waals surface area contributed by atoms with Crippen molar-refractivity contribution >= 4 is 5.97 Å². The summed E-state index contributed by atoms with van der Waals surface area (Å²) in [5.41, 5.74) is 1.96. The second-order valence-electron chi connectivity index (χ2n) is 5.60. The van der Waals surface area contributed by atoms with Crippen LogP contribution in [-0.2, 0) is 16.1 Å². The highest BCUT2D eigenvalue weighted by molar-refractivity contribution is 5.69. The molecule has 5 nitrogen and oxygen atoms in total. The number of ether oxygens (including phenoxy) is 4. The van der Waals surface area contributed by atoms with Gasteiger partial charge in [0.1, 0.15) is 23.9 Å². The highest BCUT2D eigenvalue weighted by atomic mass is 16.5. The fourth-order valence-electron chi connectivity index (χ4n) is 2.33. The van der Waals surface area contributed by atoms with Gasteiger partial charge in [0.05, 0.1) is 20.8 Å². The zero-order valence-electron chi connectivity index (χ0n) is 14.9. The Morgan fingerprint density at radius 3 is 2.36 bits per heavy atom. The molecule has 0 bridgehead atoms. The summed E-state index contributed by atoms with van der Waals surface area (Å²) in [4.78, 5) is 11.9. The monoisotopic (exact) mass is 344 g/mol. The summed E-state index contributed by atoms with van der Waals surface area (Å²) in [5, 5.41) is 0.